The molecule has 0 saturated heterocycles. The second-order valence-corrected chi connectivity index (χ2v) is 4.00. The highest BCUT2D eigenvalue weighted by Gasteiger charge is 2.15. The first-order chi connectivity index (χ1) is 9.24. The summed E-state index contributed by atoms with van der Waals surface area (Å²) in [6.07, 6.45) is 3.16. The smallest absolute Gasteiger partial charge is 0.338 e. The number of aromatic nitrogens is 3. The van der Waals surface area contributed by atoms with Crippen LogP contribution in [-0.2, 0) is 4.74 Å². The third-order valence-electron chi connectivity index (χ3n) is 2.99. The highest BCUT2D eigenvalue weighted by atomic mass is 16.5. The molecule has 6 nitrogen and oxygen atoms in total. The number of methoxy groups -OCH3 is 2. The van der Waals surface area contributed by atoms with E-state index in [4.69, 9.17) is 9.47 Å². The molecule has 1 aromatic carbocycles. The largest absolute Gasteiger partial charge is 0.495 e. The number of carbonyl (C=O) groups is 1. The number of rotatable bonds is 2. The van der Waals surface area contributed by atoms with E-state index in [1.54, 1.807) is 25.4 Å². The van der Waals surface area contributed by atoms with Crippen molar-refractivity contribution in [3.05, 3.63) is 30.2 Å². The molecular weight excluding hydrogens is 246 g/mol. The summed E-state index contributed by atoms with van der Waals surface area (Å²) in [6.45, 7) is 0. The SMILES string of the molecule is COC(=O)c1cc(OC)c2[nH]c3ncncc3c2c1. The van der Waals surface area contributed by atoms with Crippen LogP contribution in [0.5, 0.6) is 5.75 Å². The first kappa shape index (κ1) is 11.5. The van der Waals surface area contributed by atoms with E-state index >= 15 is 0 Å². The quantitative estimate of drug-likeness (QED) is 0.709. The van der Waals surface area contributed by atoms with Crippen LogP contribution in [0.3, 0.4) is 0 Å². The van der Waals surface area contributed by atoms with Gasteiger partial charge in [0.15, 0.2) is 0 Å². The van der Waals surface area contributed by atoms with Gasteiger partial charge in [-0.3, -0.25) is 0 Å². The van der Waals surface area contributed by atoms with Crippen molar-refractivity contribution in [2.75, 3.05) is 14.2 Å². The number of fused-ring (bicyclic) bond motifs is 3. The number of nitrogens with zero attached hydrogens (tertiary/aromatic N) is 2. The molecule has 3 aromatic rings. The lowest BCUT2D eigenvalue weighted by atomic mass is 10.1. The number of ether oxygens (including phenoxy) is 2. The zero-order valence-corrected chi connectivity index (χ0v) is 10.4. The van der Waals surface area contributed by atoms with Crippen molar-refractivity contribution in [1.82, 2.24) is 15.0 Å². The third kappa shape index (κ3) is 1.69. The Balaban J connectivity index is 2.40. The van der Waals surface area contributed by atoms with Crippen LogP contribution in [0.15, 0.2) is 24.7 Å². The summed E-state index contributed by atoms with van der Waals surface area (Å²) in [5, 5.41) is 1.66. The molecule has 0 saturated carbocycles. The molecule has 0 aliphatic rings. The van der Waals surface area contributed by atoms with E-state index in [1.165, 1.54) is 13.4 Å². The maximum atomic E-state index is 11.7. The van der Waals surface area contributed by atoms with E-state index in [1.807, 2.05) is 0 Å². The van der Waals surface area contributed by atoms with Gasteiger partial charge in [0.05, 0.1) is 25.3 Å². The summed E-state index contributed by atoms with van der Waals surface area (Å²) in [6, 6.07) is 3.38. The number of benzene rings is 1. The van der Waals surface area contributed by atoms with Gasteiger partial charge < -0.3 is 14.5 Å². The van der Waals surface area contributed by atoms with Gasteiger partial charge in [-0.15, -0.1) is 0 Å². The molecule has 0 bridgehead atoms. The Morgan fingerprint density at radius 2 is 2.11 bits per heavy atom. The van der Waals surface area contributed by atoms with Crippen LogP contribution in [0.25, 0.3) is 21.9 Å². The molecule has 6 heteroatoms. The van der Waals surface area contributed by atoms with Gasteiger partial charge in [0.2, 0.25) is 0 Å². The van der Waals surface area contributed by atoms with Crippen molar-refractivity contribution < 1.29 is 14.3 Å². The number of nitrogens with one attached hydrogen (secondary N) is 1. The van der Waals surface area contributed by atoms with Gasteiger partial charge in [0.25, 0.3) is 0 Å². The molecule has 0 atom stereocenters. The molecule has 3 rings (SSSR count). The molecule has 0 aliphatic heterocycles. The molecule has 1 N–H and O–H groups in total. The summed E-state index contributed by atoms with van der Waals surface area (Å²) in [7, 11) is 2.89. The van der Waals surface area contributed by atoms with Crippen molar-refractivity contribution in [2.24, 2.45) is 0 Å². The number of carbonyl (C=O) groups excluding carboxylic acids is 1. The summed E-state index contributed by atoms with van der Waals surface area (Å²) in [4.78, 5) is 23.0. The minimum absolute atomic E-state index is 0.411. The average Bonchev–Trinajstić information content (AvgIpc) is 2.84. The number of hydrogen-bond donors (Lipinski definition) is 1. The zero-order chi connectivity index (χ0) is 13.4. The lowest BCUT2D eigenvalue weighted by molar-refractivity contribution is 0.0600. The number of esters is 1. The number of H-pyrrole nitrogens is 1. The van der Waals surface area contributed by atoms with Crippen LogP contribution in [0.4, 0.5) is 0 Å². The second-order valence-electron chi connectivity index (χ2n) is 4.00. The van der Waals surface area contributed by atoms with Gasteiger partial charge >= 0.3 is 5.97 Å². The Kier molecular flexibility index (Phi) is 2.56. The Morgan fingerprint density at radius 1 is 1.26 bits per heavy atom. The van der Waals surface area contributed by atoms with Crippen molar-refractivity contribution in [1.29, 1.82) is 0 Å². The van der Waals surface area contributed by atoms with Crippen LogP contribution in [0.1, 0.15) is 10.4 Å². The monoisotopic (exact) mass is 257 g/mol. The summed E-state index contributed by atoms with van der Waals surface area (Å²) >= 11 is 0. The van der Waals surface area contributed by atoms with Gasteiger partial charge in [0.1, 0.15) is 17.7 Å². The van der Waals surface area contributed by atoms with E-state index < -0.39 is 5.97 Å². The Hall–Kier alpha value is -2.63. The molecule has 0 fully saturated rings. The van der Waals surface area contributed by atoms with Gasteiger partial charge in [0, 0.05) is 17.0 Å². The van der Waals surface area contributed by atoms with Crippen LogP contribution in [-0.4, -0.2) is 35.1 Å². The first-order valence-electron chi connectivity index (χ1n) is 5.62. The summed E-state index contributed by atoms with van der Waals surface area (Å²) in [5.41, 5.74) is 1.91. The van der Waals surface area contributed by atoms with Gasteiger partial charge in [-0.05, 0) is 12.1 Å². The first-order valence-corrected chi connectivity index (χ1v) is 5.62. The number of aromatic amines is 1. The Labute approximate surface area is 108 Å². The molecule has 96 valence electrons. The lowest BCUT2D eigenvalue weighted by Crippen LogP contribution is -2.01. The van der Waals surface area contributed by atoms with Crippen LogP contribution >= 0.6 is 0 Å². The fraction of sp³-hybridized carbons (Fsp3) is 0.154. The van der Waals surface area contributed by atoms with E-state index in [2.05, 4.69) is 15.0 Å². The molecular formula is C13H11N3O3. The average molecular weight is 257 g/mol. The van der Waals surface area contributed by atoms with Gasteiger partial charge in [-0.25, -0.2) is 14.8 Å². The summed E-state index contributed by atoms with van der Waals surface area (Å²) in [5.74, 6) is 0.155. The fourth-order valence-corrected chi connectivity index (χ4v) is 2.10. The van der Waals surface area contributed by atoms with E-state index in [0.717, 1.165) is 16.3 Å². The third-order valence-corrected chi connectivity index (χ3v) is 2.99. The van der Waals surface area contributed by atoms with Gasteiger partial charge in [-0.1, -0.05) is 0 Å². The highest BCUT2D eigenvalue weighted by Crippen LogP contribution is 2.32. The van der Waals surface area contributed by atoms with E-state index in [-0.39, 0.29) is 0 Å². The van der Waals surface area contributed by atoms with Crippen LogP contribution in [0.2, 0.25) is 0 Å². The van der Waals surface area contributed by atoms with Crippen LogP contribution < -0.4 is 4.74 Å². The molecule has 0 spiro atoms. The summed E-state index contributed by atoms with van der Waals surface area (Å²) < 4.78 is 10.0. The molecule has 0 amide bonds. The molecule has 2 aromatic heterocycles. The van der Waals surface area contributed by atoms with E-state index in [9.17, 15) is 4.79 Å². The minimum atomic E-state index is -0.411. The molecule has 0 unspecified atom stereocenters. The Morgan fingerprint density at radius 3 is 2.84 bits per heavy atom. The predicted molar refractivity (Wildman–Crippen MR) is 69.3 cm³/mol. The molecule has 0 radical (unpaired) electrons. The lowest BCUT2D eigenvalue weighted by Gasteiger charge is -2.05. The van der Waals surface area contributed by atoms with Gasteiger partial charge in [-0.2, -0.15) is 0 Å². The van der Waals surface area contributed by atoms with Crippen molar-refractivity contribution in [3.63, 3.8) is 0 Å². The second kappa shape index (κ2) is 4.24. The van der Waals surface area contributed by atoms with Crippen LogP contribution in [0, 0.1) is 0 Å². The standard InChI is InChI=1S/C13H11N3O3/c1-18-10-4-7(13(17)19-2)3-8-9-5-14-6-15-12(9)16-11(8)10/h3-6H,1-2H3,(H,14,15,16). The maximum Gasteiger partial charge on any atom is 0.338 e. The van der Waals surface area contributed by atoms with Crippen molar-refractivity contribution in [3.8, 4) is 5.75 Å². The van der Waals surface area contributed by atoms with Crippen molar-refractivity contribution in [2.45, 2.75) is 0 Å². The number of hydrogen-bond acceptors (Lipinski definition) is 5. The maximum absolute atomic E-state index is 11.7. The Bertz CT molecular complexity index is 779. The minimum Gasteiger partial charge on any atom is -0.495 e. The zero-order valence-electron chi connectivity index (χ0n) is 10.4. The van der Waals surface area contributed by atoms with E-state index in [0.29, 0.717) is 17.0 Å². The fourth-order valence-electron chi connectivity index (χ4n) is 2.10. The highest BCUT2D eigenvalue weighted by molar-refractivity contribution is 6.10. The molecule has 2 heterocycles. The predicted octanol–water partition coefficient (Wildman–Crippen LogP) is 1.91. The molecule has 0 aliphatic carbocycles. The topological polar surface area (TPSA) is 77.1 Å². The molecule has 19 heavy (non-hydrogen) atoms. The van der Waals surface area contributed by atoms with Crippen molar-refractivity contribution >= 4 is 27.9 Å². The normalized spacial score (nSPS) is 10.8.